The van der Waals surface area contributed by atoms with Gasteiger partial charge in [0.15, 0.2) is 6.23 Å². The van der Waals surface area contributed by atoms with Crippen LogP contribution >= 0.6 is 19.5 Å². The number of carbonyl (C=O) groups is 5. The highest BCUT2D eigenvalue weighted by atomic mass is 32.2. The molecule has 7 N–H and O–H groups in total. The Hall–Kier alpha value is -3.39. The number of carboxylic acid groups (broad SMARTS) is 1. The lowest BCUT2D eigenvalue weighted by Crippen LogP contribution is -2.51. The van der Waals surface area contributed by atoms with E-state index in [-0.39, 0.29) is 92.7 Å². The van der Waals surface area contributed by atoms with E-state index in [2.05, 4.69) is 10.3 Å². The number of likely N-dealkylation sites (tertiary alicyclic amines) is 1. The standard InChI is InChI=1S/C29H45N8O11PS/c1-34(2)49(45,46)47-15-19-13-35(14-25(48-19)36-10-8-22(31)33-29(36)44)23(38)7-9-32-26(40)18-5-3-17(4-6-18)12-37-24(39)11-21(27(37)41)50-16-20(30)28(42)43/h8,10,17-21,25H,3-7,9,11-16,30H2,1-2H3,(H,32,40)(H,42,43)(H,45,46)(H2,31,33,44)/t17?,18?,19?,20-,21?,25?/m0/s1. The van der Waals surface area contributed by atoms with Gasteiger partial charge in [-0.05, 0) is 51.8 Å². The number of morpholine rings is 1. The third-order valence-electron chi connectivity index (χ3n) is 8.89. The first-order valence-corrected chi connectivity index (χ1v) is 18.8. The number of nitrogens with zero attached hydrogens (tertiary/aromatic N) is 5. The third kappa shape index (κ3) is 10.3. The first kappa shape index (κ1) is 39.4. The molecule has 2 saturated heterocycles. The van der Waals surface area contributed by atoms with E-state index < -0.39 is 43.0 Å². The summed E-state index contributed by atoms with van der Waals surface area (Å²) in [6, 6.07) is 0.280. The summed E-state index contributed by atoms with van der Waals surface area (Å²) in [5.41, 5.74) is 10.4. The first-order valence-electron chi connectivity index (χ1n) is 16.2. The molecule has 1 saturated carbocycles. The van der Waals surface area contributed by atoms with Gasteiger partial charge in [-0.25, -0.2) is 14.0 Å². The number of amides is 4. The molecule has 0 radical (unpaired) electrons. The molecule has 1 aliphatic carbocycles. The van der Waals surface area contributed by atoms with Crippen LogP contribution < -0.4 is 22.5 Å². The number of rotatable bonds is 15. The van der Waals surface area contributed by atoms with Gasteiger partial charge in [-0.3, -0.25) is 38.0 Å². The van der Waals surface area contributed by atoms with Gasteiger partial charge in [0.05, 0.1) is 18.4 Å². The van der Waals surface area contributed by atoms with E-state index in [0.717, 1.165) is 21.0 Å². The molecule has 3 heterocycles. The number of carboxylic acids is 1. The Balaban J connectivity index is 1.24. The van der Waals surface area contributed by atoms with E-state index in [1.54, 1.807) is 0 Å². The number of anilines is 1. The highest BCUT2D eigenvalue weighted by Gasteiger charge is 2.41. The Morgan fingerprint density at radius 2 is 1.90 bits per heavy atom. The molecule has 1 aromatic heterocycles. The number of nitrogens with two attached hydrogens (primary N) is 2. The summed E-state index contributed by atoms with van der Waals surface area (Å²) < 4.78 is 25.6. The predicted octanol–water partition coefficient (Wildman–Crippen LogP) is -1.18. The van der Waals surface area contributed by atoms with Crippen LogP contribution in [0.1, 0.15) is 44.8 Å². The fraction of sp³-hybridized carbons (Fsp3) is 0.690. The minimum Gasteiger partial charge on any atom is -0.480 e. The van der Waals surface area contributed by atoms with Crippen LogP contribution in [0.15, 0.2) is 17.1 Å². The van der Waals surface area contributed by atoms with Crippen LogP contribution in [-0.4, -0.2) is 134 Å². The van der Waals surface area contributed by atoms with Crippen molar-refractivity contribution < 1.29 is 47.8 Å². The summed E-state index contributed by atoms with van der Waals surface area (Å²) in [5, 5.41) is 11.1. The van der Waals surface area contributed by atoms with Gasteiger partial charge in [0.25, 0.3) is 0 Å². The van der Waals surface area contributed by atoms with Gasteiger partial charge < -0.3 is 36.4 Å². The lowest BCUT2D eigenvalue weighted by Gasteiger charge is -2.38. The van der Waals surface area contributed by atoms with E-state index in [4.69, 9.17) is 25.8 Å². The molecule has 3 aliphatic rings. The van der Waals surface area contributed by atoms with Gasteiger partial charge in [0.2, 0.25) is 23.6 Å². The number of aromatic nitrogens is 2. The van der Waals surface area contributed by atoms with Gasteiger partial charge in [0.1, 0.15) is 18.0 Å². The largest absolute Gasteiger partial charge is 0.480 e. The molecular weight excluding hydrogens is 699 g/mol. The quantitative estimate of drug-likeness (QED) is 0.104. The van der Waals surface area contributed by atoms with Gasteiger partial charge in [0, 0.05) is 50.3 Å². The molecule has 4 unspecified atom stereocenters. The number of carbonyl (C=O) groups excluding carboxylic acids is 4. The molecule has 2 aliphatic heterocycles. The van der Waals surface area contributed by atoms with Crippen molar-refractivity contribution in [3.63, 3.8) is 0 Å². The molecule has 21 heteroatoms. The van der Waals surface area contributed by atoms with Crippen LogP contribution in [0.4, 0.5) is 5.82 Å². The normalized spacial score (nSPS) is 26.1. The van der Waals surface area contributed by atoms with Crippen LogP contribution in [0.5, 0.6) is 0 Å². The average molecular weight is 745 g/mol. The molecule has 4 rings (SSSR count). The van der Waals surface area contributed by atoms with Crippen LogP contribution in [-0.2, 0) is 37.8 Å². The zero-order chi connectivity index (χ0) is 36.7. The number of ether oxygens (including phenoxy) is 1. The van der Waals surface area contributed by atoms with E-state index in [1.807, 2.05) is 0 Å². The second-order valence-corrected chi connectivity index (χ2v) is 16.0. The second-order valence-electron chi connectivity index (χ2n) is 12.8. The summed E-state index contributed by atoms with van der Waals surface area (Å²) in [7, 11) is -1.35. The van der Waals surface area contributed by atoms with E-state index >= 15 is 0 Å². The Morgan fingerprint density at radius 1 is 1.20 bits per heavy atom. The maximum absolute atomic E-state index is 13.3. The topological polar surface area (TPSA) is 270 Å². The number of hydrogen-bond acceptors (Lipinski definition) is 13. The number of imide groups is 1. The Morgan fingerprint density at radius 3 is 2.54 bits per heavy atom. The summed E-state index contributed by atoms with van der Waals surface area (Å²) in [6.45, 7) is -0.0591. The van der Waals surface area contributed by atoms with Gasteiger partial charge >= 0.3 is 19.4 Å². The molecule has 3 fully saturated rings. The molecule has 1 aromatic rings. The summed E-state index contributed by atoms with van der Waals surface area (Å²) in [4.78, 5) is 91.4. The molecule has 278 valence electrons. The number of aliphatic carboxylic acids is 1. The number of nitrogens with one attached hydrogen (secondary N) is 1. The minimum atomic E-state index is -4.10. The molecular formula is C29H45N8O11PS. The highest BCUT2D eigenvalue weighted by molar-refractivity contribution is 8.00. The number of thioether (sulfide) groups is 1. The molecule has 0 aromatic carbocycles. The molecule has 4 amide bonds. The maximum Gasteiger partial charge on any atom is 0.405 e. The Kier molecular flexibility index (Phi) is 13.6. The maximum atomic E-state index is 13.3. The summed E-state index contributed by atoms with van der Waals surface area (Å²) in [5.74, 6) is -2.59. The fourth-order valence-corrected chi connectivity index (χ4v) is 7.64. The SMILES string of the molecule is CN(C)P(=O)(O)OCC1CN(C(=O)CCNC(=O)C2CCC(CN3C(=O)CC(SC[C@H](N)C(=O)O)C3=O)CC2)CC(n2ccc(N)nc2=O)O1. The number of nitrogen functional groups attached to an aromatic ring is 1. The summed E-state index contributed by atoms with van der Waals surface area (Å²) in [6.07, 6.45) is 1.84. The van der Waals surface area contributed by atoms with Crippen LogP contribution in [0.25, 0.3) is 0 Å². The van der Waals surface area contributed by atoms with Crippen LogP contribution in [0, 0.1) is 11.8 Å². The fourth-order valence-electron chi connectivity index (χ4n) is 5.93. The minimum absolute atomic E-state index is 0.00412. The van der Waals surface area contributed by atoms with Crippen molar-refractivity contribution in [2.75, 3.05) is 58.4 Å². The van der Waals surface area contributed by atoms with Crippen molar-refractivity contribution in [2.45, 2.75) is 62.1 Å². The average Bonchev–Trinajstić information content (AvgIpc) is 3.33. The highest BCUT2D eigenvalue weighted by Crippen LogP contribution is 2.44. The van der Waals surface area contributed by atoms with E-state index in [9.17, 15) is 38.2 Å². The second kappa shape index (κ2) is 17.2. The first-order chi connectivity index (χ1) is 23.5. The van der Waals surface area contributed by atoms with Crippen molar-refractivity contribution in [1.29, 1.82) is 0 Å². The van der Waals surface area contributed by atoms with Gasteiger partial charge in [-0.1, -0.05) is 0 Å². The monoisotopic (exact) mass is 744 g/mol. The van der Waals surface area contributed by atoms with Crippen molar-refractivity contribution in [3.05, 3.63) is 22.7 Å². The lowest BCUT2D eigenvalue weighted by molar-refractivity contribution is -0.159. The Bertz CT molecular complexity index is 1540. The predicted molar refractivity (Wildman–Crippen MR) is 179 cm³/mol. The molecule has 0 bridgehead atoms. The zero-order valence-corrected chi connectivity index (χ0v) is 29.6. The van der Waals surface area contributed by atoms with Crippen LogP contribution in [0.3, 0.4) is 0 Å². The van der Waals surface area contributed by atoms with Crippen LogP contribution in [0.2, 0.25) is 0 Å². The van der Waals surface area contributed by atoms with Crippen molar-refractivity contribution >= 4 is 54.9 Å². The third-order valence-corrected chi connectivity index (χ3v) is 11.7. The number of hydrogen-bond donors (Lipinski definition) is 5. The Labute approximate surface area is 292 Å². The molecule has 19 nitrogen and oxygen atoms in total. The van der Waals surface area contributed by atoms with Gasteiger partial charge in [-0.15, -0.1) is 11.8 Å². The van der Waals surface area contributed by atoms with E-state index in [1.165, 1.54) is 36.2 Å². The van der Waals surface area contributed by atoms with Crippen molar-refractivity contribution in [2.24, 2.45) is 17.6 Å². The van der Waals surface area contributed by atoms with Crippen molar-refractivity contribution in [3.8, 4) is 0 Å². The lowest BCUT2D eigenvalue weighted by atomic mass is 9.81. The zero-order valence-electron chi connectivity index (χ0n) is 27.9. The molecule has 5 atom stereocenters. The van der Waals surface area contributed by atoms with Gasteiger partial charge in [-0.2, -0.15) is 4.98 Å². The van der Waals surface area contributed by atoms with Crippen molar-refractivity contribution in [1.82, 2.24) is 29.3 Å². The molecule has 50 heavy (non-hydrogen) atoms. The summed E-state index contributed by atoms with van der Waals surface area (Å²) >= 11 is 1.07. The smallest absolute Gasteiger partial charge is 0.405 e. The van der Waals surface area contributed by atoms with E-state index in [0.29, 0.717) is 25.7 Å². The molecule has 0 spiro atoms.